The van der Waals surface area contributed by atoms with Crippen molar-refractivity contribution >= 4 is 12.1 Å². The van der Waals surface area contributed by atoms with Crippen LogP contribution in [-0.4, -0.2) is 19.5 Å². The van der Waals surface area contributed by atoms with Gasteiger partial charge < -0.3 is 10.2 Å². The number of anilines is 1. The summed E-state index contributed by atoms with van der Waals surface area (Å²) in [5.74, 6) is 0.683. The monoisotopic (exact) mass is 308 g/mol. The zero-order valence-electron chi connectivity index (χ0n) is 13.7. The summed E-state index contributed by atoms with van der Waals surface area (Å²) in [5, 5.41) is 2.70. The minimum absolute atomic E-state index is 0.597. The molecule has 1 N–H and O–H groups in total. The van der Waals surface area contributed by atoms with Gasteiger partial charge in [-0.2, -0.15) is 0 Å². The Morgan fingerprint density at radius 3 is 2.30 bits per heavy atom. The van der Waals surface area contributed by atoms with Crippen LogP contribution in [0.25, 0.3) is 0 Å². The van der Waals surface area contributed by atoms with E-state index in [0.29, 0.717) is 12.5 Å². The summed E-state index contributed by atoms with van der Waals surface area (Å²) in [6.07, 6.45) is 3.15. The predicted octanol–water partition coefficient (Wildman–Crippen LogP) is 3.63. The number of nitrogens with one attached hydrogen (secondary N) is 1. The highest BCUT2D eigenvalue weighted by molar-refractivity contribution is 5.50. The largest absolute Gasteiger partial charge is 0.371 e. The average molecular weight is 308 g/mol. The summed E-state index contributed by atoms with van der Waals surface area (Å²) in [6, 6.07) is 17.5. The highest BCUT2D eigenvalue weighted by Gasteiger charge is 2.20. The lowest BCUT2D eigenvalue weighted by molar-refractivity contribution is -0.109. The molecule has 2 aromatic carbocycles. The maximum Gasteiger partial charge on any atom is 0.207 e. The topological polar surface area (TPSA) is 32.3 Å². The zero-order chi connectivity index (χ0) is 16.1. The highest BCUT2D eigenvalue weighted by Crippen LogP contribution is 2.30. The molecule has 0 aliphatic carbocycles. The Hall–Kier alpha value is -2.29. The lowest BCUT2D eigenvalue weighted by Crippen LogP contribution is -2.32. The van der Waals surface area contributed by atoms with Gasteiger partial charge in [0.2, 0.25) is 6.41 Å². The van der Waals surface area contributed by atoms with Crippen molar-refractivity contribution in [1.29, 1.82) is 0 Å². The van der Waals surface area contributed by atoms with Crippen molar-refractivity contribution in [2.45, 2.75) is 32.2 Å². The quantitative estimate of drug-likeness (QED) is 0.856. The molecule has 1 heterocycles. The number of rotatable bonds is 5. The Morgan fingerprint density at radius 2 is 1.70 bits per heavy atom. The number of piperidine rings is 1. The van der Waals surface area contributed by atoms with Gasteiger partial charge in [-0.25, -0.2) is 0 Å². The van der Waals surface area contributed by atoms with Gasteiger partial charge in [0, 0.05) is 25.3 Å². The SMILES string of the molecule is Cc1ccc(C2CCN(c3ccc(CNC=O)cc3)CC2)cc1. The molecule has 0 unspecified atom stereocenters. The number of hydrogen-bond acceptors (Lipinski definition) is 2. The van der Waals surface area contributed by atoms with Gasteiger partial charge in [0.1, 0.15) is 0 Å². The van der Waals surface area contributed by atoms with Crippen molar-refractivity contribution in [3.8, 4) is 0 Å². The van der Waals surface area contributed by atoms with Crippen LogP contribution in [0.15, 0.2) is 48.5 Å². The van der Waals surface area contributed by atoms with Crippen LogP contribution >= 0.6 is 0 Å². The summed E-state index contributed by atoms with van der Waals surface area (Å²) in [6.45, 7) is 4.94. The molecule has 0 radical (unpaired) electrons. The first-order valence-electron chi connectivity index (χ1n) is 8.34. The molecule has 1 fully saturated rings. The van der Waals surface area contributed by atoms with Crippen LogP contribution in [-0.2, 0) is 11.3 Å². The lowest BCUT2D eigenvalue weighted by Gasteiger charge is -2.34. The Balaban J connectivity index is 1.58. The number of nitrogens with zero attached hydrogens (tertiary/aromatic N) is 1. The molecule has 0 spiro atoms. The van der Waals surface area contributed by atoms with Gasteiger partial charge >= 0.3 is 0 Å². The fraction of sp³-hybridized carbons (Fsp3) is 0.350. The van der Waals surface area contributed by atoms with E-state index in [1.165, 1.54) is 29.7 Å². The Morgan fingerprint density at radius 1 is 1.04 bits per heavy atom. The third-order valence-electron chi connectivity index (χ3n) is 4.73. The number of aryl methyl sites for hydroxylation is 1. The molecule has 1 aliphatic heterocycles. The molecular formula is C20H24N2O. The molecule has 0 saturated carbocycles. The molecule has 23 heavy (non-hydrogen) atoms. The molecule has 0 atom stereocenters. The lowest BCUT2D eigenvalue weighted by atomic mass is 9.89. The Kier molecular flexibility index (Phi) is 4.96. The maximum atomic E-state index is 10.3. The van der Waals surface area contributed by atoms with E-state index in [1.807, 2.05) is 0 Å². The minimum Gasteiger partial charge on any atom is -0.371 e. The number of benzene rings is 2. The molecule has 1 saturated heterocycles. The molecule has 1 aliphatic rings. The molecule has 3 heteroatoms. The van der Waals surface area contributed by atoms with Gasteiger partial charge in [-0.05, 0) is 48.9 Å². The molecule has 0 aromatic heterocycles. The second-order valence-corrected chi connectivity index (χ2v) is 6.34. The Bertz CT molecular complexity index is 626. The average Bonchev–Trinajstić information content (AvgIpc) is 2.61. The van der Waals surface area contributed by atoms with Gasteiger partial charge in [0.15, 0.2) is 0 Å². The van der Waals surface area contributed by atoms with Crippen molar-refractivity contribution in [1.82, 2.24) is 5.32 Å². The van der Waals surface area contributed by atoms with Crippen molar-refractivity contribution in [3.63, 3.8) is 0 Å². The van der Waals surface area contributed by atoms with Gasteiger partial charge in [0.25, 0.3) is 0 Å². The van der Waals surface area contributed by atoms with Crippen molar-refractivity contribution in [2.24, 2.45) is 0 Å². The van der Waals surface area contributed by atoms with Gasteiger partial charge in [-0.3, -0.25) is 4.79 Å². The fourth-order valence-electron chi connectivity index (χ4n) is 3.29. The van der Waals surface area contributed by atoms with E-state index in [1.54, 1.807) is 0 Å². The van der Waals surface area contributed by atoms with Crippen LogP contribution in [0.3, 0.4) is 0 Å². The van der Waals surface area contributed by atoms with E-state index < -0.39 is 0 Å². The number of amides is 1. The van der Waals surface area contributed by atoms with E-state index in [-0.39, 0.29) is 0 Å². The smallest absolute Gasteiger partial charge is 0.207 e. The van der Waals surface area contributed by atoms with Crippen molar-refractivity contribution in [2.75, 3.05) is 18.0 Å². The molecule has 0 bridgehead atoms. The summed E-state index contributed by atoms with van der Waals surface area (Å²) in [5.41, 5.74) is 5.22. The number of hydrogen-bond donors (Lipinski definition) is 1. The van der Waals surface area contributed by atoms with Crippen LogP contribution in [0, 0.1) is 6.92 Å². The van der Waals surface area contributed by atoms with Crippen LogP contribution in [0.5, 0.6) is 0 Å². The predicted molar refractivity (Wildman–Crippen MR) is 94.7 cm³/mol. The van der Waals surface area contributed by atoms with Crippen LogP contribution in [0.4, 0.5) is 5.69 Å². The van der Waals surface area contributed by atoms with E-state index in [4.69, 9.17) is 0 Å². The zero-order valence-corrected chi connectivity index (χ0v) is 13.7. The third kappa shape index (κ3) is 3.92. The van der Waals surface area contributed by atoms with E-state index >= 15 is 0 Å². The van der Waals surface area contributed by atoms with Crippen molar-refractivity contribution < 1.29 is 4.79 Å². The first-order chi connectivity index (χ1) is 11.3. The van der Waals surface area contributed by atoms with E-state index in [9.17, 15) is 4.79 Å². The molecule has 2 aromatic rings. The van der Waals surface area contributed by atoms with Crippen molar-refractivity contribution in [3.05, 3.63) is 65.2 Å². The second-order valence-electron chi connectivity index (χ2n) is 6.34. The molecular weight excluding hydrogens is 284 g/mol. The normalized spacial score (nSPS) is 15.4. The maximum absolute atomic E-state index is 10.3. The third-order valence-corrected chi connectivity index (χ3v) is 4.73. The standard InChI is InChI=1S/C20H24N2O/c1-16-2-6-18(7-3-16)19-10-12-22(13-11-19)20-8-4-17(5-9-20)14-21-15-23/h2-9,15,19H,10-14H2,1H3,(H,21,23). The Labute approximate surface area is 138 Å². The summed E-state index contributed by atoms with van der Waals surface area (Å²) in [4.78, 5) is 12.8. The molecule has 3 nitrogen and oxygen atoms in total. The van der Waals surface area contributed by atoms with E-state index in [0.717, 1.165) is 25.1 Å². The summed E-state index contributed by atoms with van der Waals surface area (Å²) in [7, 11) is 0. The summed E-state index contributed by atoms with van der Waals surface area (Å²) >= 11 is 0. The van der Waals surface area contributed by atoms with E-state index in [2.05, 4.69) is 65.7 Å². The molecule has 120 valence electrons. The minimum atomic E-state index is 0.597. The second kappa shape index (κ2) is 7.32. The van der Waals surface area contributed by atoms with Crippen LogP contribution in [0.1, 0.15) is 35.4 Å². The van der Waals surface area contributed by atoms with Crippen LogP contribution in [0.2, 0.25) is 0 Å². The molecule has 1 amide bonds. The van der Waals surface area contributed by atoms with Gasteiger partial charge in [0.05, 0.1) is 0 Å². The fourth-order valence-corrected chi connectivity index (χ4v) is 3.29. The van der Waals surface area contributed by atoms with Gasteiger partial charge in [-0.15, -0.1) is 0 Å². The number of carbonyl (C=O) groups excluding carboxylic acids is 1. The first-order valence-corrected chi connectivity index (χ1v) is 8.34. The summed E-state index contributed by atoms with van der Waals surface area (Å²) < 4.78 is 0. The highest BCUT2D eigenvalue weighted by atomic mass is 16.1. The molecule has 3 rings (SSSR count). The number of carbonyl (C=O) groups is 1. The first kappa shape index (κ1) is 15.6. The van der Waals surface area contributed by atoms with Crippen LogP contribution < -0.4 is 10.2 Å². The van der Waals surface area contributed by atoms with Gasteiger partial charge in [-0.1, -0.05) is 42.0 Å².